The third-order valence-electron chi connectivity index (χ3n) is 3.54. The lowest BCUT2D eigenvalue weighted by atomic mass is 10.1. The maximum absolute atomic E-state index is 12.3. The zero-order chi connectivity index (χ0) is 16.8. The molecule has 1 atom stereocenters. The van der Waals surface area contributed by atoms with Gasteiger partial charge < -0.3 is 5.73 Å². The number of thiophene rings is 1. The van der Waals surface area contributed by atoms with Crippen molar-refractivity contribution in [3.63, 3.8) is 0 Å². The van der Waals surface area contributed by atoms with Crippen LogP contribution in [0.3, 0.4) is 0 Å². The maximum atomic E-state index is 12.3. The molecule has 1 amide bonds. The van der Waals surface area contributed by atoms with Crippen molar-refractivity contribution in [3.05, 3.63) is 57.8 Å². The Morgan fingerprint density at radius 2 is 1.96 bits per heavy atom. The van der Waals surface area contributed by atoms with Crippen molar-refractivity contribution >= 4 is 28.7 Å². The second kappa shape index (κ2) is 7.83. The summed E-state index contributed by atoms with van der Waals surface area (Å²) < 4.78 is 0. The van der Waals surface area contributed by atoms with Gasteiger partial charge in [-0.05, 0) is 38.3 Å². The Morgan fingerprint density at radius 3 is 2.57 bits per heavy atom. The molecule has 1 unspecified atom stereocenters. The summed E-state index contributed by atoms with van der Waals surface area (Å²) in [6.45, 7) is 3.72. The van der Waals surface area contributed by atoms with Crippen LogP contribution >= 0.6 is 11.3 Å². The molecule has 2 aromatic rings. The summed E-state index contributed by atoms with van der Waals surface area (Å²) in [5.41, 5.74) is 7.30. The molecule has 0 saturated heterocycles. The van der Waals surface area contributed by atoms with E-state index in [9.17, 15) is 9.59 Å². The average Bonchev–Trinajstić information content (AvgIpc) is 3.03. The molecule has 0 aliphatic heterocycles. The van der Waals surface area contributed by atoms with Gasteiger partial charge in [0.1, 0.15) is 0 Å². The van der Waals surface area contributed by atoms with Crippen molar-refractivity contribution in [2.45, 2.75) is 32.7 Å². The number of aliphatic imine (C=N–C) groups is 1. The summed E-state index contributed by atoms with van der Waals surface area (Å²) >= 11 is 1.22. The van der Waals surface area contributed by atoms with Gasteiger partial charge in [0, 0.05) is 11.4 Å². The van der Waals surface area contributed by atoms with Crippen LogP contribution < -0.4 is 5.73 Å². The predicted molar refractivity (Wildman–Crippen MR) is 94.5 cm³/mol. The van der Waals surface area contributed by atoms with E-state index < -0.39 is 5.91 Å². The number of Topliss-reactive ketones (excluding diaryl/α,β-unsaturated/α-hetero) is 1. The van der Waals surface area contributed by atoms with Crippen molar-refractivity contribution in [1.29, 1.82) is 0 Å². The highest BCUT2D eigenvalue weighted by Gasteiger charge is 2.15. The maximum Gasteiger partial charge on any atom is 0.249 e. The molecule has 1 aromatic carbocycles. The first-order valence-electron chi connectivity index (χ1n) is 7.48. The van der Waals surface area contributed by atoms with Gasteiger partial charge in [-0.15, -0.1) is 11.3 Å². The number of amides is 1. The summed E-state index contributed by atoms with van der Waals surface area (Å²) in [6, 6.07) is 11.8. The topological polar surface area (TPSA) is 72.5 Å². The van der Waals surface area contributed by atoms with Crippen LogP contribution in [0, 0.1) is 0 Å². The van der Waals surface area contributed by atoms with E-state index in [0.717, 1.165) is 12.8 Å². The molecule has 0 aliphatic carbocycles. The minimum atomic E-state index is -0.522. The van der Waals surface area contributed by atoms with Gasteiger partial charge in [-0.1, -0.05) is 30.3 Å². The summed E-state index contributed by atoms with van der Waals surface area (Å²) in [5, 5.41) is 1.60. The van der Waals surface area contributed by atoms with Gasteiger partial charge in [0.05, 0.1) is 16.2 Å². The van der Waals surface area contributed by atoms with Crippen LogP contribution in [0.2, 0.25) is 0 Å². The molecule has 0 saturated carbocycles. The lowest BCUT2D eigenvalue weighted by molar-refractivity contribution is 0.100. The SMILES string of the molecule is CC(=NC(C)CCc1ccccc1)C(=O)c1cc(C(N)=O)cs1. The van der Waals surface area contributed by atoms with E-state index in [1.165, 1.54) is 23.0 Å². The molecule has 2 N–H and O–H groups in total. The van der Waals surface area contributed by atoms with E-state index in [1.54, 1.807) is 12.3 Å². The molecule has 1 heterocycles. The molecule has 4 nitrogen and oxygen atoms in total. The first-order chi connectivity index (χ1) is 11.0. The summed E-state index contributed by atoms with van der Waals surface area (Å²) in [5.74, 6) is -0.666. The Morgan fingerprint density at radius 1 is 1.26 bits per heavy atom. The molecule has 0 aliphatic rings. The van der Waals surface area contributed by atoms with Gasteiger partial charge >= 0.3 is 0 Å². The second-order valence-electron chi connectivity index (χ2n) is 5.48. The van der Waals surface area contributed by atoms with Crippen molar-refractivity contribution in [2.75, 3.05) is 0 Å². The van der Waals surface area contributed by atoms with Crippen molar-refractivity contribution in [2.24, 2.45) is 10.7 Å². The summed E-state index contributed by atoms with van der Waals surface area (Å²) in [6.07, 6.45) is 1.81. The average molecular weight is 328 g/mol. The van der Waals surface area contributed by atoms with Gasteiger partial charge in [-0.3, -0.25) is 14.6 Å². The van der Waals surface area contributed by atoms with Crippen LogP contribution in [-0.4, -0.2) is 23.4 Å². The normalized spacial score (nSPS) is 12.9. The minimum absolute atomic E-state index is 0.0646. The van der Waals surface area contributed by atoms with Gasteiger partial charge in [-0.25, -0.2) is 0 Å². The van der Waals surface area contributed by atoms with E-state index in [0.29, 0.717) is 16.2 Å². The number of nitrogens with zero attached hydrogens (tertiary/aromatic N) is 1. The van der Waals surface area contributed by atoms with Crippen LogP contribution in [0.25, 0.3) is 0 Å². The number of ketones is 1. The highest BCUT2D eigenvalue weighted by atomic mass is 32.1. The van der Waals surface area contributed by atoms with E-state index >= 15 is 0 Å². The number of carbonyl (C=O) groups excluding carboxylic acids is 2. The fraction of sp³-hybridized carbons (Fsp3) is 0.278. The first-order valence-corrected chi connectivity index (χ1v) is 8.36. The molecule has 0 radical (unpaired) electrons. The molecular weight excluding hydrogens is 308 g/mol. The zero-order valence-electron chi connectivity index (χ0n) is 13.3. The Labute approximate surface area is 140 Å². The Kier molecular flexibility index (Phi) is 5.82. The third kappa shape index (κ3) is 4.86. The predicted octanol–water partition coefficient (Wildman–Crippen LogP) is 3.51. The summed E-state index contributed by atoms with van der Waals surface area (Å²) in [4.78, 5) is 28.4. The number of hydrogen-bond acceptors (Lipinski definition) is 4. The molecule has 1 aromatic heterocycles. The van der Waals surface area contributed by atoms with Crippen molar-refractivity contribution < 1.29 is 9.59 Å². The van der Waals surface area contributed by atoms with E-state index in [2.05, 4.69) is 17.1 Å². The third-order valence-corrected chi connectivity index (χ3v) is 4.47. The number of benzene rings is 1. The first kappa shape index (κ1) is 17.1. The number of aryl methyl sites for hydroxylation is 1. The molecular formula is C18H20N2O2S. The molecule has 2 rings (SSSR count). The lowest BCUT2D eigenvalue weighted by Crippen LogP contribution is -2.14. The van der Waals surface area contributed by atoms with Crippen LogP contribution in [-0.2, 0) is 6.42 Å². The quantitative estimate of drug-likeness (QED) is 0.624. The van der Waals surface area contributed by atoms with E-state index in [-0.39, 0.29) is 11.8 Å². The Hall–Kier alpha value is -2.27. The largest absolute Gasteiger partial charge is 0.366 e. The van der Waals surface area contributed by atoms with Gasteiger partial charge in [0.25, 0.3) is 0 Å². The number of primary amides is 1. The van der Waals surface area contributed by atoms with Crippen molar-refractivity contribution in [1.82, 2.24) is 0 Å². The van der Waals surface area contributed by atoms with Crippen LogP contribution in [0.5, 0.6) is 0 Å². The Bertz CT molecular complexity index is 720. The smallest absolute Gasteiger partial charge is 0.249 e. The number of nitrogens with two attached hydrogens (primary N) is 1. The lowest BCUT2D eigenvalue weighted by Gasteiger charge is -2.08. The standard InChI is InChI=1S/C18H20N2O2S/c1-12(8-9-14-6-4-3-5-7-14)20-13(2)17(21)16-10-15(11-23-16)18(19)22/h3-7,10-12H,8-9H2,1-2H3,(H2,19,22). The molecule has 23 heavy (non-hydrogen) atoms. The van der Waals surface area contributed by atoms with E-state index in [4.69, 9.17) is 5.73 Å². The Balaban J connectivity index is 1.97. The van der Waals surface area contributed by atoms with Crippen LogP contribution in [0.4, 0.5) is 0 Å². The van der Waals surface area contributed by atoms with Crippen LogP contribution in [0.1, 0.15) is 45.9 Å². The van der Waals surface area contributed by atoms with Crippen molar-refractivity contribution in [3.8, 4) is 0 Å². The number of rotatable bonds is 7. The number of carbonyl (C=O) groups is 2. The monoisotopic (exact) mass is 328 g/mol. The summed E-state index contributed by atoms with van der Waals surface area (Å²) in [7, 11) is 0. The highest BCUT2D eigenvalue weighted by Crippen LogP contribution is 2.16. The molecule has 120 valence electrons. The second-order valence-corrected chi connectivity index (χ2v) is 6.39. The molecule has 0 spiro atoms. The molecule has 5 heteroatoms. The number of hydrogen-bond donors (Lipinski definition) is 1. The highest BCUT2D eigenvalue weighted by molar-refractivity contribution is 7.13. The molecule has 0 bridgehead atoms. The van der Waals surface area contributed by atoms with E-state index in [1.807, 2.05) is 25.1 Å². The van der Waals surface area contributed by atoms with Crippen LogP contribution in [0.15, 0.2) is 46.8 Å². The fourth-order valence-corrected chi connectivity index (χ4v) is 3.12. The zero-order valence-corrected chi connectivity index (χ0v) is 14.1. The molecule has 0 fully saturated rings. The van der Waals surface area contributed by atoms with Gasteiger partial charge in [-0.2, -0.15) is 0 Å². The fourth-order valence-electron chi connectivity index (χ4n) is 2.24. The minimum Gasteiger partial charge on any atom is -0.366 e. The van der Waals surface area contributed by atoms with Gasteiger partial charge in [0.2, 0.25) is 11.7 Å². The van der Waals surface area contributed by atoms with Gasteiger partial charge in [0.15, 0.2) is 0 Å².